The first-order valence-electron chi connectivity index (χ1n) is 6.25. The van der Waals surface area contributed by atoms with E-state index < -0.39 is 11.8 Å². The van der Waals surface area contributed by atoms with Gasteiger partial charge >= 0.3 is 0 Å². The lowest BCUT2D eigenvalue weighted by Gasteiger charge is -2.07. The number of nitrogens with one attached hydrogen (secondary N) is 2. The predicted octanol–water partition coefficient (Wildman–Crippen LogP) is 2.37. The number of furan rings is 1. The third kappa shape index (κ3) is 4.35. The molecule has 0 spiro atoms. The highest BCUT2D eigenvalue weighted by Crippen LogP contribution is 2.21. The van der Waals surface area contributed by atoms with Crippen molar-refractivity contribution >= 4 is 40.5 Å². The minimum absolute atomic E-state index is 0.416. The van der Waals surface area contributed by atoms with Crippen molar-refractivity contribution in [2.75, 3.05) is 7.11 Å². The molecule has 0 aliphatic heterocycles. The van der Waals surface area contributed by atoms with E-state index in [1.165, 1.54) is 18.4 Å². The summed E-state index contributed by atoms with van der Waals surface area (Å²) in [6, 6.07) is 8.39. The molecule has 0 saturated heterocycles. The van der Waals surface area contributed by atoms with Crippen LogP contribution in [-0.2, 0) is 4.79 Å². The number of benzene rings is 1. The molecule has 0 radical (unpaired) electrons. The number of carbonyl (C=O) groups excluding carboxylic acids is 2. The van der Waals surface area contributed by atoms with Gasteiger partial charge in [-0.25, -0.2) is 0 Å². The molecule has 1 aromatic heterocycles. The van der Waals surface area contributed by atoms with E-state index in [4.69, 9.17) is 9.15 Å². The molecular formula is C15H13IN2O4. The van der Waals surface area contributed by atoms with Gasteiger partial charge in [0.1, 0.15) is 11.5 Å². The van der Waals surface area contributed by atoms with Crippen LogP contribution in [0.25, 0.3) is 6.08 Å². The average molecular weight is 412 g/mol. The second-order valence-electron chi connectivity index (χ2n) is 4.14. The summed E-state index contributed by atoms with van der Waals surface area (Å²) in [4.78, 5) is 23.5. The van der Waals surface area contributed by atoms with Gasteiger partial charge in [-0.2, -0.15) is 0 Å². The van der Waals surface area contributed by atoms with Gasteiger partial charge in [0.15, 0.2) is 0 Å². The molecule has 2 rings (SSSR count). The summed E-state index contributed by atoms with van der Waals surface area (Å²) in [5.41, 5.74) is 5.04. The number of ether oxygens (including phenoxy) is 1. The van der Waals surface area contributed by atoms with Crippen molar-refractivity contribution in [2.45, 2.75) is 0 Å². The first-order chi connectivity index (χ1) is 10.6. The van der Waals surface area contributed by atoms with Crippen molar-refractivity contribution in [3.8, 4) is 5.75 Å². The third-order valence-electron chi connectivity index (χ3n) is 2.66. The summed E-state index contributed by atoms with van der Waals surface area (Å²) < 4.78 is 11.0. The standard InChI is InChI=1S/C15H13IN2O4/c1-21-13-6-4-10(9-12(13)16)15(20)18-17-14(19)7-5-11-3-2-8-22-11/h2-9H,1H3,(H,17,19)(H,18,20)/b7-5+. The fourth-order valence-corrected chi connectivity index (χ4v) is 2.32. The van der Waals surface area contributed by atoms with Gasteiger partial charge in [-0.3, -0.25) is 20.4 Å². The number of rotatable bonds is 4. The number of carbonyl (C=O) groups is 2. The van der Waals surface area contributed by atoms with Crippen LogP contribution in [0.2, 0.25) is 0 Å². The number of halogens is 1. The molecule has 1 aromatic carbocycles. The molecule has 0 aliphatic rings. The summed E-state index contributed by atoms with van der Waals surface area (Å²) >= 11 is 2.07. The van der Waals surface area contributed by atoms with Crippen LogP contribution < -0.4 is 15.6 Å². The Kier molecular flexibility index (Phi) is 5.59. The molecule has 22 heavy (non-hydrogen) atoms. The highest BCUT2D eigenvalue weighted by atomic mass is 127. The highest BCUT2D eigenvalue weighted by Gasteiger charge is 2.09. The molecule has 7 heteroatoms. The van der Waals surface area contributed by atoms with E-state index in [9.17, 15) is 9.59 Å². The smallest absolute Gasteiger partial charge is 0.269 e. The minimum Gasteiger partial charge on any atom is -0.496 e. The summed E-state index contributed by atoms with van der Waals surface area (Å²) in [6.45, 7) is 0. The van der Waals surface area contributed by atoms with Crippen LogP contribution in [0, 0.1) is 3.57 Å². The fourth-order valence-electron chi connectivity index (χ4n) is 1.58. The van der Waals surface area contributed by atoms with Gasteiger partial charge in [0.25, 0.3) is 11.8 Å². The summed E-state index contributed by atoms with van der Waals surface area (Å²) in [7, 11) is 1.56. The maximum Gasteiger partial charge on any atom is 0.269 e. The van der Waals surface area contributed by atoms with Gasteiger partial charge in [0.05, 0.1) is 16.9 Å². The Balaban J connectivity index is 1.89. The third-order valence-corrected chi connectivity index (χ3v) is 3.50. The Hall–Kier alpha value is -2.29. The largest absolute Gasteiger partial charge is 0.496 e. The van der Waals surface area contributed by atoms with Crippen molar-refractivity contribution < 1.29 is 18.7 Å². The number of hydrazine groups is 1. The number of amides is 2. The Labute approximate surface area is 140 Å². The van der Waals surface area contributed by atoms with Gasteiger partial charge in [-0.1, -0.05) is 0 Å². The van der Waals surface area contributed by atoms with Gasteiger partial charge in [-0.05, 0) is 59.0 Å². The molecule has 0 aliphatic carbocycles. The lowest BCUT2D eigenvalue weighted by Crippen LogP contribution is -2.40. The van der Waals surface area contributed by atoms with E-state index in [0.29, 0.717) is 17.1 Å². The molecule has 6 nitrogen and oxygen atoms in total. The van der Waals surface area contributed by atoms with Gasteiger partial charge < -0.3 is 9.15 Å². The molecule has 2 aromatic rings. The van der Waals surface area contributed by atoms with E-state index in [0.717, 1.165) is 3.57 Å². The number of hydrogen-bond acceptors (Lipinski definition) is 4. The maximum atomic E-state index is 11.9. The van der Waals surface area contributed by atoms with E-state index in [-0.39, 0.29) is 0 Å². The van der Waals surface area contributed by atoms with Crippen LogP contribution in [0.3, 0.4) is 0 Å². The lowest BCUT2D eigenvalue weighted by molar-refractivity contribution is -0.117. The first kappa shape index (κ1) is 16.1. The van der Waals surface area contributed by atoms with Crippen LogP contribution in [0.15, 0.2) is 47.1 Å². The second-order valence-corrected chi connectivity index (χ2v) is 5.30. The molecule has 0 unspecified atom stereocenters. The first-order valence-corrected chi connectivity index (χ1v) is 7.33. The van der Waals surface area contributed by atoms with Crippen LogP contribution >= 0.6 is 22.6 Å². The Morgan fingerprint density at radius 3 is 2.73 bits per heavy atom. The van der Waals surface area contributed by atoms with Crippen LogP contribution in [-0.4, -0.2) is 18.9 Å². The lowest BCUT2D eigenvalue weighted by atomic mass is 10.2. The monoisotopic (exact) mass is 412 g/mol. The molecule has 0 atom stereocenters. The van der Waals surface area contributed by atoms with Crippen molar-refractivity contribution in [3.63, 3.8) is 0 Å². The molecule has 114 valence electrons. The van der Waals surface area contributed by atoms with Crippen molar-refractivity contribution in [3.05, 3.63) is 57.6 Å². The highest BCUT2D eigenvalue weighted by molar-refractivity contribution is 14.1. The van der Waals surface area contributed by atoms with E-state index >= 15 is 0 Å². The van der Waals surface area contributed by atoms with Crippen molar-refractivity contribution in [1.29, 1.82) is 0 Å². The van der Waals surface area contributed by atoms with Gasteiger partial charge in [0.2, 0.25) is 0 Å². The molecule has 0 saturated carbocycles. The minimum atomic E-state index is -0.465. The van der Waals surface area contributed by atoms with Gasteiger partial charge in [0, 0.05) is 11.6 Å². The zero-order valence-electron chi connectivity index (χ0n) is 11.6. The molecule has 0 bridgehead atoms. The molecule has 0 fully saturated rings. The summed E-state index contributed by atoms with van der Waals surface area (Å²) in [5.74, 6) is 0.349. The van der Waals surface area contributed by atoms with Crippen molar-refractivity contribution in [2.24, 2.45) is 0 Å². The quantitative estimate of drug-likeness (QED) is 0.459. The van der Waals surface area contributed by atoms with Crippen LogP contribution in [0.1, 0.15) is 16.1 Å². The summed E-state index contributed by atoms with van der Waals surface area (Å²) in [5, 5.41) is 0. The van der Waals surface area contributed by atoms with Crippen molar-refractivity contribution in [1.82, 2.24) is 10.9 Å². The van der Waals surface area contributed by atoms with E-state index in [2.05, 4.69) is 33.4 Å². The molecule has 2 N–H and O–H groups in total. The molecule has 1 heterocycles. The van der Waals surface area contributed by atoms with Crippen LogP contribution in [0.5, 0.6) is 5.75 Å². The normalized spacial score (nSPS) is 10.5. The Morgan fingerprint density at radius 1 is 1.27 bits per heavy atom. The zero-order valence-corrected chi connectivity index (χ0v) is 13.8. The van der Waals surface area contributed by atoms with E-state index in [1.807, 2.05) is 0 Å². The zero-order chi connectivity index (χ0) is 15.9. The second kappa shape index (κ2) is 7.64. The Bertz CT molecular complexity index is 696. The average Bonchev–Trinajstić information content (AvgIpc) is 3.03. The SMILES string of the molecule is COc1ccc(C(=O)NNC(=O)/C=C/c2ccco2)cc1I. The number of hydrogen-bond donors (Lipinski definition) is 2. The van der Waals surface area contributed by atoms with Gasteiger partial charge in [-0.15, -0.1) is 0 Å². The van der Waals surface area contributed by atoms with E-state index in [1.54, 1.807) is 37.4 Å². The topological polar surface area (TPSA) is 80.6 Å². The Morgan fingerprint density at radius 2 is 2.09 bits per heavy atom. The molecule has 2 amide bonds. The summed E-state index contributed by atoms with van der Waals surface area (Å²) in [6.07, 6.45) is 4.26. The molecular weight excluding hydrogens is 399 g/mol. The fraction of sp³-hybridized carbons (Fsp3) is 0.0667. The maximum absolute atomic E-state index is 11.9. The number of methoxy groups -OCH3 is 1. The van der Waals surface area contributed by atoms with Crippen LogP contribution in [0.4, 0.5) is 0 Å². The predicted molar refractivity (Wildman–Crippen MR) is 89.1 cm³/mol.